The van der Waals surface area contributed by atoms with Crippen LogP contribution in [0.3, 0.4) is 0 Å². The number of nitro benzene ring substituents is 1. The Morgan fingerprint density at radius 3 is 2.74 bits per heavy atom. The average Bonchev–Trinajstić information content (AvgIpc) is 2.63. The minimum atomic E-state index is -0.466. The molecule has 0 radical (unpaired) electrons. The predicted octanol–water partition coefficient (Wildman–Crippen LogP) is 4.33. The summed E-state index contributed by atoms with van der Waals surface area (Å²) in [6.45, 7) is 4.26. The molecule has 1 saturated carbocycles. The Hall–Kier alpha value is -0.920. The Morgan fingerprint density at radius 2 is 2.21 bits per heavy atom. The SMILES string of the molecule is CC1(C)CCCC1Nc1cc(F)c(I)cc1[N+](=O)[O-]. The minimum Gasteiger partial charge on any atom is -0.376 e. The fourth-order valence-electron chi connectivity index (χ4n) is 2.59. The van der Waals surface area contributed by atoms with Gasteiger partial charge in [0, 0.05) is 18.2 Å². The number of nitrogens with zero attached hydrogens (tertiary/aromatic N) is 1. The second-order valence-corrected chi connectivity index (χ2v) is 6.78. The lowest BCUT2D eigenvalue weighted by Crippen LogP contribution is -2.31. The fraction of sp³-hybridized carbons (Fsp3) is 0.538. The van der Waals surface area contributed by atoms with Gasteiger partial charge in [-0.25, -0.2) is 4.39 Å². The Balaban J connectivity index is 2.34. The van der Waals surface area contributed by atoms with Crippen molar-refractivity contribution in [1.29, 1.82) is 0 Å². The molecule has 0 aromatic heterocycles. The average molecular weight is 378 g/mol. The highest BCUT2D eigenvalue weighted by Gasteiger charge is 2.35. The zero-order valence-corrected chi connectivity index (χ0v) is 13.0. The van der Waals surface area contributed by atoms with E-state index in [1.807, 2.05) is 0 Å². The number of anilines is 1. The maximum Gasteiger partial charge on any atom is 0.293 e. The summed E-state index contributed by atoms with van der Waals surface area (Å²) in [6, 6.07) is 2.65. The monoisotopic (exact) mass is 378 g/mol. The van der Waals surface area contributed by atoms with Crippen LogP contribution in [0.1, 0.15) is 33.1 Å². The molecule has 0 saturated heterocycles. The standard InChI is InChI=1S/C13H16FIN2O2/c1-13(2)5-3-4-12(13)16-10-6-8(14)9(15)7-11(10)17(18)19/h6-7,12,16H,3-5H2,1-2H3. The fourth-order valence-corrected chi connectivity index (χ4v) is 3.04. The molecule has 104 valence electrons. The highest BCUT2D eigenvalue weighted by molar-refractivity contribution is 14.1. The van der Waals surface area contributed by atoms with Crippen LogP contribution in [0.15, 0.2) is 12.1 Å². The van der Waals surface area contributed by atoms with E-state index in [0.717, 1.165) is 19.3 Å². The van der Waals surface area contributed by atoms with Crippen molar-refractivity contribution < 1.29 is 9.31 Å². The van der Waals surface area contributed by atoms with Crippen LogP contribution >= 0.6 is 22.6 Å². The topological polar surface area (TPSA) is 55.2 Å². The molecule has 0 amide bonds. The van der Waals surface area contributed by atoms with Crippen molar-refractivity contribution in [3.05, 3.63) is 31.6 Å². The van der Waals surface area contributed by atoms with E-state index in [2.05, 4.69) is 19.2 Å². The summed E-state index contributed by atoms with van der Waals surface area (Å²) in [4.78, 5) is 10.6. The minimum absolute atomic E-state index is 0.0616. The normalized spacial score (nSPS) is 21.4. The molecule has 0 spiro atoms. The van der Waals surface area contributed by atoms with Crippen molar-refractivity contribution in [2.24, 2.45) is 5.41 Å². The summed E-state index contributed by atoms with van der Waals surface area (Å²) >= 11 is 1.76. The van der Waals surface area contributed by atoms with Crippen molar-refractivity contribution >= 4 is 34.0 Å². The van der Waals surface area contributed by atoms with Crippen LogP contribution in [-0.2, 0) is 0 Å². The van der Waals surface area contributed by atoms with Gasteiger partial charge in [0.15, 0.2) is 0 Å². The van der Waals surface area contributed by atoms with Gasteiger partial charge in [-0.2, -0.15) is 0 Å². The smallest absolute Gasteiger partial charge is 0.293 e. The molecule has 1 fully saturated rings. The summed E-state index contributed by atoms with van der Waals surface area (Å²) in [6.07, 6.45) is 3.12. The van der Waals surface area contributed by atoms with E-state index in [1.54, 1.807) is 22.6 Å². The largest absolute Gasteiger partial charge is 0.376 e. The molecule has 0 heterocycles. The highest BCUT2D eigenvalue weighted by atomic mass is 127. The molecule has 1 aromatic rings. The first-order valence-electron chi connectivity index (χ1n) is 6.21. The maximum absolute atomic E-state index is 13.6. The van der Waals surface area contributed by atoms with Crippen molar-refractivity contribution in [2.45, 2.75) is 39.2 Å². The zero-order chi connectivity index (χ0) is 14.2. The summed E-state index contributed by atoms with van der Waals surface area (Å²) in [7, 11) is 0. The van der Waals surface area contributed by atoms with Crippen LogP contribution in [-0.4, -0.2) is 11.0 Å². The van der Waals surface area contributed by atoms with Gasteiger partial charge >= 0.3 is 0 Å². The lowest BCUT2D eigenvalue weighted by Gasteiger charge is -2.28. The number of hydrogen-bond donors (Lipinski definition) is 1. The summed E-state index contributed by atoms with van der Waals surface area (Å²) in [5, 5.41) is 14.2. The number of rotatable bonds is 3. The van der Waals surface area contributed by atoms with Gasteiger partial charge in [0.2, 0.25) is 0 Å². The zero-order valence-electron chi connectivity index (χ0n) is 10.9. The number of nitrogens with one attached hydrogen (secondary N) is 1. The second kappa shape index (κ2) is 5.22. The number of benzene rings is 1. The van der Waals surface area contributed by atoms with Crippen LogP contribution in [0.2, 0.25) is 0 Å². The first-order chi connectivity index (χ1) is 8.81. The molecule has 1 aliphatic carbocycles. The predicted molar refractivity (Wildman–Crippen MR) is 80.8 cm³/mol. The Bertz CT molecular complexity index is 520. The van der Waals surface area contributed by atoms with Crippen LogP contribution < -0.4 is 5.32 Å². The molecule has 1 atom stereocenters. The molecule has 4 nitrogen and oxygen atoms in total. The van der Waals surface area contributed by atoms with Crippen LogP contribution in [0.4, 0.5) is 15.8 Å². The van der Waals surface area contributed by atoms with Gasteiger partial charge in [-0.05, 0) is 40.8 Å². The lowest BCUT2D eigenvalue weighted by molar-refractivity contribution is -0.384. The van der Waals surface area contributed by atoms with E-state index in [9.17, 15) is 14.5 Å². The van der Waals surface area contributed by atoms with Gasteiger partial charge in [0.05, 0.1) is 8.49 Å². The maximum atomic E-state index is 13.6. The molecule has 1 unspecified atom stereocenters. The molecule has 1 aliphatic rings. The van der Waals surface area contributed by atoms with E-state index in [0.29, 0.717) is 0 Å². The molecular weight excluding hydrogens is 362 g/mol. The van der Waals surface area contributed by atoms with Crippen molar-refractivity contribution in [3.8, 4) is 0 Å². The quantitative estimate of drug-likeness (QED) is 0.484. The van der Waals surface area contributed by atoms with E-state index in [-0.39, 0.29) is 26.4 Å². The first-order valence-corrected chi connectivity index (χ1v) is 7.29. The van der Waals surface area contributed by atoms with E-state index in [4.69, 9.17) is 0 Å². The molecule has 6 heteroatoms. The molecule has 0 bridgehead atoms. The summed E-state index contributed by atoms with van der Waals surface area (Å²) in [5.74, 6) is -0.426. The van der Waals surface area contributed by atoms with Crippen molar-refractivity contribution in [1.82, 2.24) is 0 Å². The number of hydrogen-bond acceptors (Lipinski definition) is 3. The first kappa shape index (κ1) is 14.5. The Morgan fingerprint density at radius 1 is 1.53 bits per heavy atom. The number of nitro groups is 1. The van der Waals surface area contributed by atoms with Gasteiger partial charge in [0.25, 0.3) is 5.69 Å². The van der Waals surface area contributed by atoms with E-state index < -0.39 is 10.7 Å². The second-order valence-electron chi connectivity index (χ2n) is 5.62. The van der Waals surface area contributed by atoms with Gasteiger partial charge in [-0.1, -0.05) is 20.3 Å². The van der Waals surface area contributed by atoms with Crippen molar-refractivity contribution in [2.75, 3.05) is 5.32 Å². The highest BCUT2D eigenvalue weighted by Crippen LogP contribution is 2.40. The van der Waals surface area contributed by atoms with Gasteiger partial charge in [-0.15, -0.1) is 0 Å². The van der Waals surface area contributed by atoms with Crippen molar-refractivity contribution in [3.63, 3.8) is 0 Å². The Kier molecular flexibility index (Phi) is 3.98. The van der Waals surface area contributed by atoms with Gasteiger partial charge < -0.3 is 5.32 Å². The lowest BCUT2D eigenvalue weighted by atomic mass is 9.87. The molecule has 1 N–H and O–H groups in total. The van der Waals surface area contributed by atoms with E-state index in [1.165, 1.54) is 12.1 Å². The van der Waals surface area contributed by atoms with Crippen LogP contribution in [0, 0.1) is 24.9 Å². The molecule has 19 heavy (non-hydrogen) atoms. The Labute approximate surface area is 125 Å². The van der Waals surface area contributed by atoms with E-state index >= 15 is 0 Å². The molecule has 2 rings (SSSR count). The summed E-state index contributed by atoms with van der Waals surface area (Å²) in [5.41, 5.74) is 0.296. The molecule has 0 aliphatic heterocycles. The molecular formula is C13H16FIN2O2. The third kappa shape index (κ3) is 2.98. The number of halogens is 2. The third-order valence-corrected chi connectivity index (χ3v) is 4.65. The van der Waals surface area contributed by atoms with Crippen LogP contribution in [0.25, 0.3) is 0 Å². The van der Waals surface area contributed by atoms with Crippen LogP contribution in [0.5, 0.6) is 0 Å². The summed E-state index contributed by atoms with van der Waals surface area (Å²) < 4.78 is 13.9. The third-order valence-electron chi connectivity index (χ3n) is 3.82. The van der Waals surface area contributed by atoms with Gasteiger partial charge in [-0.3, -0.25) is 10.1 Å². The molecule has 1 aromatic carbocycles. The van der Waals surface area contributed by atoms with Gasteiger partial charge in [0.1, 0.15) is 11.5 Å².